The van der Waals surface area contributed by atoms with E-state index in [-0.39, 0.29) is 56.7 Å². The quantitative estimate of drug-likeness (QED) is 0.152. The molecule has 2 aromatic carbocycles. The first-order valence-corrected chi connectivity index (χ1v) is 12.6. The standard InChI is InChI=1S/C24H30O10S.Ca.2H/c1-3-5-14-31-21(25)16-24(23(27)28,34-35(29,30)32-15-6-4-2)17-22(26)33-20-13-9-11-18-10-7-8-12-19(18)20;;;/h7-13H,3-6,14-17H2,1-2H3,(H,27,28);;;. The van der Waals surface area contributed by atoms with Crippen LogP contribution >= 0.6 is 0 Å². The molecule has 0 bridgehead atoms. The van der Waals surface area contributed by atoms with E-state index < -0.39 is 46.7 Å². The number of carboxylic acid groups (broad SMARTS) is 1. The van der Waals surface area contributed by atoms with E-state index in [1.807, 2.05) is 6.92 Å². The minimum atomic E-state index is -4.88. The minimum absolute atomic E-state index is 0. The number of carbonyl (C=O) groups is 3. The fourth-order valence-electron chi connectivity index (χ4n) is 3.12. The van der Waals surface area contributed by atoms with Crippen LogP contribution in [0.4, 0.5) is 0 Å². The van der Waals surface area contributed by atoms with Gasteiger partial charge in [0.2, 0.25) is 5.60 Å². The third-order valence-electron chi connectivity index (χ3n) is 4.97. The molecule has 10 nitrogen and oxygen atoms in total. The molecule has 0 saturated carbocycles. The molecule has 1 atom stereocenters. The molecule has 0 radical (unpaired) electrons. The van der Waals surface area contributed by atoms with Gasteiger partial charge in [0.25, 0.3) is 0 Å². The summed E-state index contributed by atoms with van der Waals surface area (Å²) in [6.07, 6.45) is 0.0719. The molecule has 2 aromatic rings. The van der Waals surface area contributed by atoms with Gasteiger partial charge in [-0.05, 0) is 24.3 Å². The van der Waals surface area contributed by atoms with Crippen molar-refractivity contribution in [1.82, 2.24) is 0 Å². The molecule has 0 fully saturated rings. The van der Waals surface area contributed by atoms with E-state index in [0.717, 1.165) is 5.39 Å². The van der Waals surface area contributed by atoms with Gasteiger partial charge < -0.3 is 14.6 Å². The SMILES string of the molecule is CCCCOC(=O)CC(CC(=O)Oc1cccc2ccccc12)(OS(=O)(=O)OCCCC)C(=O)O.[CaH2]. The molecule has 12 heteroatoms. The predicted octanol–water partition coefficient (Wildman–Crippen LogP) is 2.85. The number of fused-ring (bicyclic) bond motifs is 1. The maximum absolute atomic E-state index is 12.8. The Bertz CT molecular complexity index is 1130. The van der Waals surface area contributed by atoms with E-state index >= 15 is 0 Å². The summed E-state index contributed by atoms with van der Waals surface area (Å²) in [5, 5.41) is 11.3. The van der Waals surface area contributed by atoms with Crippen molar-refractivity contribution >= 4 is 76.8 Å². The van der Waals surface area contributed by atoms with Crippen LogP contribution in [0.2, 0.25) is 0 Å². The van der Waals surface area contributed by atoms with Crippen molar-refractivity contribution in [3.8, 4) is 5.75 Å². The van der Waals surface area contributed by atoms with Crippen molar-refractivity contribution in [1.29, 1.82) is 0 Å². The molecule has 0 aliphatic carbocycles. The third kappa shape index (κ3) is 9.95. The first kappa shape index (κ1) is 32.3. The van der Waals surface area contributed by atoms with E-state index in [0.29, 0.717) is 31.1 Å². The second-order valence-electron chi connectivity index (χ2n) is 7.85. The Morgan fingerprint density at radius 1 is 0.889 bits per heavy atom. The van der Waals surface area contributed by atoms with E-state index in [1.54, 1.807) is 43.3 Å². The Morgan fingerprint density at radius 3 is 2.17 bits per heavy atom. The van der Waals surface area contributed by atoms with Crippen LogP contribution in [-0.4, -0.2) is 88.0 Å². The molecule has 0 heterocycles. The van der Waals surface area contributed by atoms with Crippen molar-refractivity contribution in [2.24, 2.45) is 0 Å². The number of carbonyl (C=O) groups excluding carboxylic acids is 2. The van der Waals surface area contributed by atoms with E-state index in [4.69, 9.17) is 17.8 Å². The molecule has 1 N–H and O–H groups in total. The average molecular weight is 553 g/mol. The topological polar surface area (TPSA) is 142 Å². The van der Waals surface area contributed by atoms with Crippen LogP contribution in [-0.2, 0) is 37.9 Å². The number of hydrogen-bond donors (Lipinski definition) is 1. The molecule has 0 aliphatic rings. The Labute approximate surface area is 240 Å². The summed E-state index contributed by atoms with van der Waals surface area (Å²) in [4.78, 5) is 37.4. The number of hydrogen-bond acceptors (Lipinski definition) is 9. The Balaban J connectivity index is 0.00000648. The Kier molecular flexibility index (Phi) is 13.9. The third-order valence-corrected chi connectivity index (χ3v) is 5.95. The number of ether oxygens (including phenoxy) is 2. The monoisotopic (exact) mass is 552 g/mol. The summed E-state index contributed by atoms with van der Waals surface area (Å²) >= 11 is 0. The molecule has 36 heavy (non-hydrogen) atoms. The molecule has 1 unspecified atom stereocenters. The van der Waals surface area contributed by atoms with Gasteiger partial charge in [0.1, 0.15) is 5.75 Å². The zero-order valence-electron chi connectivity index (χ0n) is 19.7. The molecule has 0 aromatic heterocycles. The van der Waals surface area contributed by atoms with Gasteiger partial charge >= 0.3 is 66.0 Å². The molecular weight excluding hydrogens is 520 g/mol. The number of unbranched alkanes of at least 4 members (excludes halogenated alkanes) is 2. The van der Waals surface area contributed by atoms with Crippen LogP contribution < -0.4 is 4.74 Å². The van der Waals surface area contributed by atoms with Crippen molar-refractivity contribution in [2.45, 2.75) is 58.0 Å². The number of benzene rings is 2. The maximum atomic E-state index is 12.8. The second kappa shape index (κ2) is 15.5. The fraction of sp³-hybridized carbons (Fsp3) is 0.458. The van der Waals surface area contributed by atoms with Gasteiger partial charge in [0.05, 0.1) is 26.1 Å². The van der Waals surface area contributed by atoms with Crippen molar-refractivity contribution in [3.63, 3.8) is 0 Å². The van der Waals surface area contributed by atoms with Gasteiger partial charge in [-0.2, -0.15) is 8.42 Å². The van der Waals surface area contributed by atoms with Gasteiger partial charge in [-0.25, -0.2) is 13.2 Å². The average Bonchev–Trinajstić information content (AvgIpc) is 2.79. The number of aliphatic carboxylic acids is 1. The zero-order valence-corrected chi connectivity index (χ0v) is 20.5. The van der Waals surface area contributed by atoms with E-state index in [1.165, 1.54) is 6.07 Å². The molecule has 196 valence electrons. The predicted molar refractivity (Wildman–Crippen MR) is 134 cm³/mol. The summed E-state index contributed by atoms with van der Waals surface area (Å²) in [5.74, 6) is -3.88. The van der Waals surface area contributed by atoms with Crippen LogP contribution in [0.25, 0.3) is 10.8 Å². The molecule has 0 spiro atoms. The van der Waals surface area contributed by atoms with Gasteiger partial charge in [0, 0.05) is 5.39 Å². The van der Waals surface area contributed by atoms with Gasteiger partial charge in [0.15, 0.2) is 0 Å². The summed E-state index contributed by atoms with van der Waals surface area (Å²) in [6, 6.07) is 12.0. The normalized spacial score (nSPS) is 12.8. The van der Waals surface area contributed by atoms with E-state index in [9.17, 15) is 27.9 Å². The van der Waals surface area contributed by atoms with Crippen LogP contribution in [0.1, 0.15) is 52.4 Å². The van der Waals surface area contributed by atoms with Crippen LogP contribution in [0.3, 0.4) is 0 Å². The van der Waals surface area contributed by atoms with Crippen LogP contribution in [0, 0.1) is 0 Å². The van der Waals surface area contributed by atoms with Crippen molar-refractivity contribution in [2.75, 3.05) is 13.2 Å². The molecular formula is C24H32CaO10S. The summed E-state index contributed by atoms with van der Waals surface area (Å²) in [6.45, 7) is 3.41. The molecule has 0 saturated heterocycles. The molecule has 0 aliphatic heterocycles. The summed E-state index contributed by atoms with van der Waals surface area (Å²) in [7, 11) is -4.88. The number of carboxylic acids is 1. The molecule has 2 rings (SSSR count). The summed E-state index contributed by atoms with van der Waals surface area (Å²) < 4.78 is 44.6. The Hall–Kier alpha value is -1.76. The number of rotatable bonds is 15. The van der Waals surface area contributed by atoms with Gasteiger partial charge in [-0.1, -0.05) is 63.1 Å². The summed E-state index contributed by atoms with van der Waals surface area (Å²) in [5.41, 5.74) is -2.82. The van der Waals surface area contributed by atoms with Crippen molar-refractivity contribution in [3.05, 3.63) is 42.5 Å². The fourth-order valence-corrected chi connectivity index (χ4v) is 4.07. The van der Waals surface area contributed by atoms with Gasteiger partial charge in [-0.15, -0.1) is 0 Å². The van der Waals surface area contributed by atoms with E-state index in [2.05, 4.69) is 0 Å². The second-order valence-corrected chi connectivity index (χ2v) is 9.06. The Morgan fingerprint density at radius 2 is 1.50 bits per heavy atom. The number of esters is 2. The van der Waals surface area contributed by atoms with Crippen LogP contribution in [0.15, 0.2) is 42.5 Å². The van der Waals surface area contributed by atoms with Crippen LogP contribution in [0.5, 0.6) is 5.75 Å². The molecule has 0 amide bonds. The zero-order chi connectivity index (χ0) is 25.9. The first-order valence-electron chi connectivity index (χ1n) is 11.3. The van der Waals surface area contributed by atoms with Crippen molar-refractivity contribution < 1.29 is 45.7 Å². The van der Waals surface area contributed by atoms with Gasteiger partial charge in [-0.3, -0.25) is 9.59 Å². The first-order chi connectivity index (χ1) is 16.6.